The SMILES string of the molecule is C[C@@]12COC[C@]1(c1cc(NC(=O)c3ccn(C(F)F)n3)ccc1F)N=C(N)SC2. The van der Waals surface area contributed by atoms with Gasteiger partial charge in [-0.1, -0.05) is 18.7 Å². The van der Waals surface area contributed by atoms with E-state index in [4.69, 9.17) is 10.5 Å². The van der Waals surface area contributed by atoms with E-state index < -0.39 is 29.2 Å². The quantitative estimate of drug-likeness (QED) is 0.786. The van der Waals surface area contributed by atoms with Gasteiger partial charge in [0.1, 0.15) is 11.4 Å². The number of nitrogens with one attached hydrogen (secondary N) is 1. The number of amides is 1. The van der Waals surface area contributed by atoms with Gasteiger partial charge in [0, 0.05) is 28.6 Å². The highest BCUT2D eigenvalue weighted by molar-refractivity contribution is 8.13. The molecule has 2 atom stereocenters. The Bertz CT molecular complexity index is 998. The molecule has 0 saturated carbocycles. The van der Waals surface area contributed by atoms with Crippen molar-refractivity contribution in [3.63, 3.8) is 0 Å². The highest BCUT2D eigenvalue weighted by Crippen LogP contribution is 2.53. The summed E-state index contributed by atoms with van der Waals surface area (Å²) in [7, 11) is 0. The van der Waals surface area contributed by atoms with Crippen LogP contribution in [-0.4, -0.2) is 39.8 Å². The second-order valence-electron chi connectivity index (χ2n) is 7.26. The lowest BCUT2D eigenvalue weighted by Gasteiger charge is -2.42. The lowest BCUT2D eigenvalue weighted by Crippen LogP contribution is -2.48. The summed E-state index contributed by atoms with van der Waals surface area (Å²) >= 11 is 1.39. The number of nitrogens with two attached hydrogens (primary N) is 1. The highest BCUT2D eigenvalue weighted by Gasteiger charge is 2.57. The van der Waals surface area contributed by atoms with Crippen molar-refractivity contribution in [1.29, 1.82) is 0 Å². The molecule has 2 aromatic rings. The Balaban J connectivity index is 1.68. The molecular formula is C18H18F3N5O2S. The average Bonchev–Trinajstić information content (AvgIpc) is 3.29. The maximum atomic E-state index is 14.9. The second-order valence-corrected chi connectivity index (χ2v) is 8.26. The molecule has 3 heterocycles. The first-order valence-corrected chi connectivity index (χ1v) is 9.73. The molecule has 154 valence electrons. The van der Waals surface area contributed by atoms with E-state index in [1.807, 2.05) is 6.92 Å². The molecule has 2 aliphatic heterocycles. The first kappa shape index (κ1) is 19.8. The number of benzene rings is 1. The average molecular weight is 425 g/mol. The van der Waals surface area contributed by atoms with Crippen LogP contribution >= 0.6 is 11.8 Å². The van der Waals surface area contributed by atoms with E-state index >= 15 is 0 Å². The van der Waals surface area contributed by atoms with Crippen molar-refractivity contribution in [2.24, 2.45) is 16.1 Å². The number of ether oxygens (including phenoxy) is 1. The van der Waals surface area contributed by atoms with E-state index in [-0.39, 0.29) is 23.6 Å². The molecule has 0 unspecified atom stereocenters. The lowest BCUT2D eigenvalue weighted by molar-refractivity contribution is 0.0561. The van der Waals surface area contributed by atoms with E-state index in [0.29, 0.717) is 22.2 Å². The number of aliphatic imine (C=N–C) groups is 1. The van der Waals surface area contributed by atoms with Gasteiger partial charge in [-0.2, -0.15) is 13.9 Å². The molecule has 1 aromatic heterocycles. The predicted molar refractivity (Wildman–Crippen MR) is 103 cm³/mol. The van der Waals surface area contributed by atoms with Crippen LogP contribution < -0.4 is 11.1 Å². The van der Waals surface area contributed by atoms with E-state index in [1.54, 1.807) is 0 Å². The Kier molecular flexibility index (Phi) is 4.82. The first-order chi connectivity index (χ1) is 13.7. The number of carbonyl (C=O) groups excluding carboxylic acids is 1. The zero-order valence-corrected chi connectivity index (χ0v) is 16.2. The lowest BCUT2D eigenvalue weighted by atomic mass is 9.70. The van der Waals surface area contributed by atoms with Crippen LogP contribution in [0, 0.1) is 11.2 Å². The number of nitrogens with zero attached hydrogens (tertiary/aromatic N) is 3. The number of carbonyl (C=O) groups is 1. The molecule has 1 amide bonds. The van der Waals surface area contributed by atoms with Gasteiger partial charge in [0.15, 0.2) is 10.9 Å². The molecular weight excluding hydrogens is 407 g/mol. The van der Waals surface area contributed by atoms with Crippen LogP contribution in [0.1, 0.15) is 29.5 Å². The Labute approximate surface area is 168 Å². The molecule has 4 rings (SSSR count). The van der Waals surface area contributed by atoms with Gasteiger partial charge in [0.2, 0.25) is 0 Å². The number of hydrogen-bond donors (Lipinski definition) is 2. The normalized spacial score (nSPS) is 26.3. The van der Waals surface area contributed by atoms with Crippen LogP contribution in [0.15, 0.2) is 35.5 Å². The van der Waals surface area contributed by atoms with Crippen molar-refractivity contribution >= 4 is 28.5 Å². The van der Waals surface area contributed by atoms with E-state index in [0.717, 1.165) is 6.20 Å². The van der Waals surface area contributed by atoms with Gasteiger partial charge >= 0.3 is 6.55 Å². The molecule has 1 aromatic carbocycles. The summed E-state index contributed by atoms with van der Waals surface area (Å²) in [5.74, 6) is -0.569. The fraction of sp³-hybridized carbons (Fsp3) is 0.389. The molecule has 29 heavy (non-hydrogen) atoms. The summed E-state index contributed by atoms with van der Waals surface area (Å²) < 4.78 is 46.2. The van der Waals surface area contributed by atoms with Crippen molar-refractivity contribution in [3.8, 4) is 0 Å². The molecule has 2 aliphatic rings. The zero-order chi connectivity index (χ0) is 20.8. The standard InChI is InChI=1S/C18H18F3N5O2S/c1-17-7-28-8-18(17,24-16(22)29-9-17)11-6-10(2-3-12(11)19)23-14(27)13-4-5-26(25-13)15(20)21/h2-6,15H,7-9H2,1H3,(H2,22,24)(H,23,27)/t17-,18+/m0/s1. The number of halogens is 3. The maximum absolute atomic E-state index is 14.9. The fourth-order valence-electron chi connectivity index (χ4n) is 3.65. The van der Waals surface area contributed by atoms with Crippen LogP contribution in [-0.2, 0) is 10.3 Å². The van der Waals surface area contributed by atoms with Crippen LogP contribution in [0.5, 0.6) is 0 Å². The van der Waals surface area contributed by atoms with Crippen molar-refractivity contribution in [1.82, 2.24) is 9.78 Å². The molecule has 3 N–H and O–H groups in total. The largest absolute Gasteiger partial charge is 0.379 e. The summed E-state index contributed by atoms with van der Waals surface area (Å²) in [6.45, 7) is -0.319. The van der Waals surface area contributed by atoms with Gasteiger partial charge < -0.3 is 15.8 Å². The highest BCUT2D eigenvalue weighted by atomic mass is 32.2. The monoisotopic (exact) mass is 425 g/mol. The number of thioether (sulfide) groups is 1. The molecule has 0 bridgehead atoms. The second kappa shape index (κ2) is 7.06. The number of amidine groups is 1. The van der Waals surface area contributed by atoms with Gasteiger partial charge in [-0.05, 0) is 24.3 Å². The zero-order valence-electron chi connectivity index (χ0n) is 15.4. The van der Waals surface area contributed by atoms with Crippen molar-refractivity contribution in [2.75, 3.05) is 24.3 Å². The number of hydrogen-bond acceptors (Lipinski definition) is 6. The van der Waals surface area contributed by atoms with Crippen LogP contribution in [0.3, 0.4) is 0 Å². The molecule has 7 nitrogen and oxygen atoms in total. The Hall–Kier alpha value is -2.53. The van der Waals surface area contributed by atoms with Crippen LogP contribution in [0.4, 0.5) is 18.9 Å². The molecule has 1 fully saturated rings. The summed E-state index contributed by atoms with van der Waals surface area (Å²) in [5.41, 5.74) is 4.82. The predicted octanol–water partition coefficient (Wildman–Crippen LogP) is 2.96. The van der Waals surface area contributed by atoms with Crippen molar-refractivity contribution < 1.29 is 22.7 Å². The van der Waals surface area contributed by atoms with Gasteiger partial charge in [0.05, 0.1) is 13.2 Å². The Morgan fingerprint density at radius 1 is 1.38 bits per heavy atom. The third-order valence-corrected chi connectivity index (χ3v) is 6.45. The Morgan fingerprint density at radius 3 is 2.90 bits per heavy atom. The molecule has 11 heteroatoms. The van der Waals surface area contributed by atoms with E-state index in [2.05, 4.69) is 15.4 Å². The minimum absolute atomic E-state index is 0.165. The molecule has 0 spiro atoms. The van der Waals surface area contributed by atoms with Crippen molar-refractivity contribution in [2.45, 2.75) is 19.0 Å². The summed E-state index contributed by atoms with van der Waals surface area (Å²) in [4.78, 5) is 16.9. The maximum Gasteiger partial charge on any atom is 0.333 e. The Morgan fingerprint density at radius 2 is 2.17 bits per heavy atom. The first-order valence-electron chi connectivity index (χ1n) is 8.75. The number of alkyl halides is 2. The fourth-order valence-corrected chi connectivity index (χ4v) is 4.65. The third-order valence-electron chi connectivity index (χ3n) is 5.28. The third kappa shape index (κ3) is 3.27. The molecule has 0 radical (unpaired) electrons. The smallest absolute Gasteiger partial charge is 0.333 e. The summed E-state index contributed by atoms with van der Waals surface area (Å²) in [6.07, 6.45) is 1.01. The van der Waals surface area contributed by atoms with Crippen LogP contribution in [0.2, 0.25) is 0 Å². The van der Waals surface area contributed by atoms with Crippen LogP contribution in [0.25, 0.3) is 0 Å². The van der Waals surface area contributed by atoms with E-state index in [9.17, 15) is 18.0 Å². The number of aromatic nitrogens is 2. The summed E-state index contributed by atoms with van der Waals surface area (Å²) in [5, 5.41) is 6.44. The van der Waals surface area contributed by atoms with E-state index in [1.165, 1.54) is 36.0 Å². The molecule has 0 aliphatic carbocycles. The number of rotatable bonds is 4. The number of anilines is 1. The van der Waals surface area contributed by atoms with Gasteiger partial charge in [0.25, 0.3) is 5.91 Å². The molecule has 1 saturated heterocycles. The van der Waals surface area contributed by atoms with Gasteiger partial charge in [-0.3, -0.25) is 4.79 Å². The minimum Gasteiger partial charge on any atom is -0.379 e. The van der Waals surface area contributed by atoms with Crippen molar-refractivity contribution in [3.05, 3.63) is 47.5 Å². The topological polar surface area (TPSA) is 94.5 Å². The van der Waals surface area contributed by atoms with Gasteiger partial charge in [-0.15, -0.1) is 0 Å². The minimum atomic E-state index is -2.85. The summed E-state index contributed by atoms with van der Waals surface area (Å²) in [6, 6.07) is 5.27. The number of fused-ring (bicyclic) bond motifs is 1. The van der Waals surface area contributed by atoms with Gasteiger partial charge in [-0.25, -0.2) is 14.1 Å².